The zero-order valence-electron chi connectivity index (χ0n) is 9.63. The van der Waals surface area contributed by atoms with Crippen LogP contribution in [-0.4, -0.2) is 26.1 Å². The lowest BCUT2D eigenvalue weighted by Gasteiger charge is -2.08. The maximum Gasteiger partial charge on any atom is 0.239 e. The fourth-order valence-electron chi connectivity index (χ4n) is 1.21. The predicted molar refractivity (Wildman–Crippen MR) is 69.7 cm³/mol. The Morgan fingerprint density at radius 2 is 2.35 bits per heavy atom. The van der Waals surface area contributed by atoms with Crippen LogP contribution in [0.2, 0.25) is 5.02 Å². The maximum atomic E-state index is 11.3. The molecule has 0 saturated heterocycles. The molecule has 0 saturated carbocycles. The molecule has 92 valence electrons. The van der Waals surface area contributed by atoms with E-state index in [4.69, 9.17) is 16.3 Å². The Kier molecular flexibility index (Phi) is 5.36. The molecule has 0 atom stereocenters. The number of benzene rings is 1. The van der Waals surface area contributed by atoms with Gasteiger partial charge in [0, 0.05) is 12.2 Å². The van der Waals surface area contributed by atoms with E-state index in [0.29, 0.717) is 17.3 Å². The number of nitrogens with one attached hydrogen (secondary N) is 2. The number of methoxy groups -OCH3 is 1. The van der Waals surface area contributed by atoms with Crippen LogP contribution < -0.4 is 15.4 Å². The van der Waals surface area contributed by atoms with Crippen molar-refractivity contribution in [3.8, 4) is 5.75 Å². The van der Waals surface area contributed by atoms with Gasteiger partial charge in [-0.1, -0.05) is 17.7 Å². The van der Waals surface area contributed by atoms with Gasteiger partial charge in [-0.3, -0.25) is 4.79 Å². The third-order valence-electron chi connectivity index (χ3n) is 2.05. The van der Waals surface area contributed by atoms with Gasteiger partial charge >= 0.3 is 0 Å². The molecule has 0 aromatic heterocycles. The highest BCUT2D eigenvalue weighted by Crippen LogP contribution is 2.26. The van der Waals surface area contributed by atoms with Gasteiger partial charge in [-0.15, -0.1) is 6.58 Å². The summed E-state index contributed by atoms with van der Waals surface area (Å²) in [5.41, 5.74) is 0.768. The molecule has 1 rings (SSSR count). The number of amides is 1. The monoisotopic (exact) mass is 254 g/mol. The minimum absolute atomic E-state index is 0.100. The fraction of sp³-hybridized carbons (Fsp3) is 0.250. The van der Waals surface area contributed by atoms with Gasteiger partial charge in [-0.05, 0) is 18.2 Å². The highest BCUT2D eigenvalue weighted by atomic mass is 35.5. The normalized spacial score (nSPS) is 9.53. The molecule has 4 nitrogen and oxygen atoms in total. The van der Waals surface area contributed by atoms with Crippen molar-refractivity contribution in [2.24, 2.45) is 0 Å². The van der Waals surface area contributed by atoms with Crippen molar-refractivity contribution in [3.05, 3.63) is 35.9 Å². The molecule has 0 bridgehead atoms. The van der Waals surface area contributed by atoms with E-state index in [1.54, 1.807) is 31.4 Å². The summed E-state index contributed by atoms with van der Waals surface area (Å²) in [7, 11) is 1.55. The SMILES string of the molecule is C=CCNC(=O)CNc1ccc(OC)c(Cl)c1. The van der Waals surface area contributed by atoms with Crippen LogP contribution in [0.25, 0.3) is 0 Å². The van der Waals surface area contributed by atoms with Gasteiger partial charge in [0.15, 0.2) is 0 Å². The Bertz CT molecular complexity index is 407. The average Bonchev–Trinajstić information content (AvgIpc) is 2.34. The van der Waals surface area contributed by atoms with E-state index >= 15 is 0 Å². The fourth-order valence-corrected chi connectivity index (χ4v) is 1.46. The molecular formula is C12H15ClN2O2. The first-order valence-electron chi connectivity index (χ1n) is 5.12. The Labute approximate surface area is 106 Å². The summed E-state index contributed by atoms with van der Waals surface area (Å²) in [4.78, 5) is 11.3. The van der Waals surface area contributed by atoms with E-state index in [-0.39, 0.29) is 12.5 Å². The third-order valence-corrected chi connectivity index (χ3v) is 2.34. The molecule has 0 aliphatic carbocycles. The topological polar surface area (TPSA) is 50.4 Å². The van der Waals surface area contributed by atoms with Gasteiger partial charge in [-0.25, -0.2) is 0 Å². The molecular weight excluding hydrogens is 240 g/mol. The number of carbonyl (C=O) groups is 1. The van der Waals surface area contributed by atoms with Crippen molar-refractivity contribution >= 4 is 23.2 Å². The Hall–Kier alpha value is -1.68. The van der Waals surface area contributed by atoms with Gasteiger partial charge in [0.25, 0.3) is 0 Å². The van der Waals surface area contributed by atoms with Crippen LogP contribution in [0.15, 0.2) is 30.9 Å². The van der Waals surface area contributed by atoms with Gasteiger partial charge in [0.1, 0.15) is 5.75 Å². The summed E-state index contributed by atoms with van der Waals surface area (Å²) in [6, 6.07) is 5.25. The van der Waals surface area contributed by atoms with Crippen molar-refractivity contribution in [1.82, 2.24) is 5.32 Å². The van der Waals surface area contributed by atoms with E-state index in [0.717, 1.165) is 5.69 Å². The van der Waals surface area contributed by atoms with Crippen LogP contribution in [0, 0.1) is 0 Å². The van der Waals surface area contributed by atoms with Crippen molar-refractivity contribution in [3.63, 3.8) is 0 Å². The second kappa shape index (κ2) is 6.81. The molecule has 5 heteroatoms. The molecule has 0 radical (unpaired) electrons. The molecule has 0 aliphatic rings. The molecule has 17 heavy (non-hydrogen) atoms. The average molecular weight is 255 g/mol. The predicted octanol–water partition coefficient (Wildman–Crippen LogP) is 2.06. The quantitative estimate of drug-likeness (QED) is 0.764. The molecule has 0 aliphatic heterocycles. The first kappa shape index (κ1) is 13.4. The number of carbonyl (C=O) groups excluding carboxylic acids is 1. The van der Waals surface area contributed by atoms with Gasteiger partial charge in [0.2, 0.25) is 5.91 Å². The maximum absolute atomic E-state index is 11.3. The lowest BCUT2D eigenvalue weighted by molar-refractivity contribution is -0.119. The van der Waals surface area contributed by atoms with Crippen LogP contribution in [0.1, 0.15) is 0 Å². The largest absolute Gasteiger partial charge is 0.495 e. The van der Waals surface area contributed by atoms with E-state index in [2.05, 4.69) is 17.2 Å². The standard InChI is InChI=1S/C12H15ClN2O2/c1-3-6-14-12(16)8-15-9-4-5-11(17-2)10(13)7-9/h3-5,7,15H,1,6,8H2,2H3,(H,14,16). The number of hydrogen-bond donors (Lipinski definition) is 2. The number of ether oxygens (including phenoxy) is 1. The lowest BCUT2D eigenvalue weighted by atomic mass is 10.3. The Balaban J connectivity index is 2.49. The molecule has 0 unspecified atom stereocenters. The lowest BCUT2D eigenvalue weighted by Crippen LogP contribution is -2.29. The van der Waals surface area contributed by atoms with Crippen LogP contribution >= 0.6 is 11.6 Å². The van der Waals surface area contributed by atoms with Gasteiger partial charge in [0.05, 0.1) is 18.7 Å². The van der Waals surface area contributed by atoms with E-state index < -0.39 is 0 Å². The Morgan fingerprint density at radius 3 is 2.94 bits per heavy atom. The molecule has 1 aromatic rings. The highest BCUT2D eigenvalue weighted by Gasteiger charge is 2.03. The second-order valence-corrected chi connectivity index (χ2v) is 3.70. The van der Waals surface area contributed by atoms with Crippen molar-refractivity contribution in [1.29, 1.82) is 0 Å². The highest BCUT2D eigenvalue weighted by molar-refractivity contribution is 6.32. The van der Waals surface area contributed by atoms with Crippen LogP contribution in [0.4, 0.5) is 5.69 Å². The molecule has 2 N–H and O–H groups in total. The molecule has 0 heterocycles. The smallest absolute Gasteiger partial charge is 0.239 e. The van der Waals surface area contributed by atoms with Crippen LogP contribution in [0.3, 0.4) is 0 Å². The molecule has 1 amide bonds. The minimum Gasteiger partial charge on any atom is -0.495 e. The summed E-state index contributed by atoms with van der Waals surface area (Å²) in [6.07, 6.45) is 1.63. The van der Waals surface area contributed by atoms with Crippen LogP contribution in [0.5, 0.6) is 5.75 Å². The van der Waals surface area contributed by atoms with Crippen molar-refractivity contribution < 1.29 is 9.53 Å². The van der Waals surface area contributed by atoms with E-state index in [1.807, 2.05) is 0 Å². The van der Waals surface area contributed by atoms with Gasteiger partial charge in [-0.2, -0.15) is 0 Å². The summed E-state index contributed by atoms with van der Waals surface area (Å²) < 4.78 is 5.03. The second-order valence-electron chi connectivity index (χ2n) is 3.30. The van der Waals surface area contributed by atoms with E-state index in [1.165, 1.54) is 0 Å². The zero-order chi connectivity index (χ0) is 12.7. The van der Waals surface area contributed by atoms with Crippen molar-refractivity contribution in [2.75, 3.05) is 25.5 Å². The number of anilines is 1. The van der Waals surface area contributed by atoms with Crippen molar-refractivity contribution in [2.45, 2.75) is 0 Å². The molecule has 0 fully saturated rings. The van der Waals surface area contributed by atoms with E-state index in [9.17, 15) is 4.79 Å². The van der Waals surface area contributed by atoms with Gasteiger partial charge < -0.3 is 15.4 Å². The minimum atomic E-state index is -0.100. The summed E-state index contributed by atoms with van der Waals surface area (Å²) in [5.74, 6) is 0.505. The van der Waals surface area contributed by atoms with Crippen LogP contribution in [-0.2, 0) is 4.79 Å². The number of hydrogen-bond acceptors (Lipinski definition) is 3. The summed E-state index contributed by atoms with van der Waals surface area (Å²) in [6.45, 7) is 4.17. The first-order valence-corrected chi connectivity index (χ1v) is 5.50. The summed E-state index contributed by atoms with van der Waals surface area (Å²) >= 11 is 5.95. The number of rotatable bonds is 6. The summed E-state index contributed by atoms with van der Waals surface area (Å²) in [5, 5.41) is 6.13. The Morgan fingerprint density at radius 1 is 1.59 bits per heavy atom. The number of halogens is 1. The molecule has 1 aromatic carbocycles. The first-order chi connectivity index (χ1) is 8.17. The zero-order valence-corrected chi connectivity index (χ0v) is 10.4. The third kappa shape index (κ3) is 4.36. The molecule has 0 spiro atoms.